The van der Waals surface area contributed by atoms with Gasteiger partial charge in [0.15, 0.2) is 0 Å². The third-order valence-corrected chi connectivity index (χ3v) is 3.13. The van der Waals surface area contributed by atoms with Crippen molar-refractivity contribution in [2.45, 2.75) is 39.2 Å². The highest BCUT2D eigenvalue weighted by atomic mass is 32.2. The summed E-state index contributed by atoms with van der Waals surface area (Å²) in [4.78, 5) is 4.16. The van der Waals surface area contributed by atoms with Gasteiger partial charge in [-0.15, -0.1) is 0 Å². The molecular weight excluding hydrogens is 252 g/mol. The van der Waals surface area contributed by atoms with E-state index in [-0.39, 0.29) is 0 Å². The van der Waals surface area contributed by atoms with Crippen LogP contribution in [0.5, 0.6) is 0 Å². The zero-order chi connectivity index (χ0) is 14.0. The fraction of sp³-hybridized carbons (Fsp3) is 0.909. The molecule has 0 aromatic carbocycles. The average Bonchev–Trinajstić information content (AvgIpc) is 2.22. The van der Waals surface area contributed by atoms with Gasteiger partial charge < -0.3 is 11.1 Å². The summed E-state index contributed by atoms with van der Waals surface area (Å²) in [7, 11) is -3.09. The van der Waals surface area contributed by atoms with Crippen molar-refractivity contribution >= 4 is 15.9 Å². The van der Waals surface area contributed by atoms with E-state index in [2.05, 4.69) is 22.0 Å². The van der Waals surface area contributed by atoms with Gasteiger partial charge in [-0.2, -0.15) is 0 Å². The van der Waals surface area contributed by atoms with Crippen molar-refractivity contribution < 1.29 is 8.42 Å². The van der Waals surface area contributed by atoms with E-state index in [4.69, 9.17) is 5.73 Å². The van der Waals surface area contributed by atoms with Crippen molar-refractivity contribution in [3.8, 4) is 0 Å². The number of amidine groups is 1. The number of nitrogens with zero attached hydrogens (tertiary/aromatic N) is 1. The van der Waals surface area contributed by atoms with Crippen molar-refractivity contribution in [3.63, 3.8) is 0 Å². The first-order valence-electron chi connectivity index (χ1n) is 6.29. The molecule has 0 amide bonds. The standard InChI is InChI=1S/C11H26N4O2S/c1-4-5-11(6-7-13-10(2)12)14-8-9-15-18(3,16)17/h11,14-15H,4-9H2,1-3H3,(H2,12,13)/t11-/m0/s1. The average molecular weight is 278 g/mol. The quantitative estimate of drug-likeness (QED) is 0.299. The van der Waals surface area contributed by atoms with Crippen LogP contribution in [0.25, 0.3) is 0 Å². The second-order valence-electron chi connectivity index (χ2n) is 4.42. The number of nitrogens with one attached hydrogen (secondary N) is 2. The molecule has 0 spiro atoms. The second kappa shape index (κ2) is 9.29. The predicted octanol–water partition coefficient (Wildman–Crippen LogP) is 0.0611. The van der Waals surface area contributed by atoms with Crippen LogP contribution in [-0.4, -0.2) is 46.2 Å². The first-order chi connectivity index (χ1) is 8.35. The van der Waals surface area contributed by atoms with Gasteiger partial charge >= 0.3 is 0 Å². The number of hydrogen-bond donors (Lipinski definition) is 3. The zero-order valence-electron chi connectivity index (χ0n) is 11.6. The normalized spacial score (nSPS) is 14.7. The van der Waals surface area contributed by atoms with Crippen LogP contribution in [0.2, 0.25) is 0 Å². The zero-order valence-corrected chi connectivity index (χ0v) is 12.4. The molecule has 1 atom stereocenters. The van der Waals surface area contributed by atoms with Gasteiger partial charge in [0.05, 0.1) is 12.1 Å². The van der Waals surface area contributed by atoms with Crippen molar-refractivity contribution in [3.05, 3.63) is 0 Å². The van der Waals surface area contributed by atoms with E-state index < -0.39 is 10.0 Å². The van der Waals surface area contributed by atoms with Gasteiger partial charge in [-0.25, -0.2) is 13.1 Å². The topological polar surface area (TPSA) is 96.6 Å². The van der Waals surface area contributed by atoms with Crippen LogP contribution in [-0.2, 0) is 10.0 Å². The number of hydrogen-bond acceptors (Lipinski definition) is 4. The molecule has 0 aromatic heterocycles. The van der Waals surface area contributed by atoms with Crippen LogP contribution in [0.1, 0.15) is 33.1 Å². The molecule has 0 bridgehead atoms. The minimum atomic E-state index is -3.09. The van der Waals surface area contributed by atoms with E-state index in [0.717, 1.165) is 25.5 Å². The van der Waals surface area contributed by atoms with Crippen LogP contribution in [0, 0.1) is 0 Å². The smallest absolute Gasteiger partial charge is 0.208 e. The minimum absolute atomic E-state index is 0.361. The maximum absolute atomic E-state index is 10.9. The largest absolute Gasteiger partial charge is 0.388 e. The van der Waals surface area contributed by atoms with Gasteiger partial charge in [-0.05, 0) is 19.8 Å². The first kappa shape index (κ1) is 17.3. The molecule has 6 nitrogen and oxygen atoms in total. The molecule has 0 heterocycles. The maximum atomic E-state index is 10.9. The minimum Gasteiger partial charge on any atom is -0.388 e. The van der Waals surface area contributed by atoms with E-state index >= 15 is 0 Å². The highest BCUT2D eigenvalue weighted by Crippen LogP contribution is 2.01. The Bertz CT molecular complexity index is 337. The molecule has 0 aromatic rings. The lowest BCUT2D eigenvalue weighted by molar-refractivity contribution is 0.455. The van der Waals surface area contributed by atoms with Crippen molar-refractivity contribution in [1.29, 1.82) is 0 Å². The lowest BCUT2D eigenvalue weighted by Crippen LogP contribution is -2.37. The van der Waals surface area contributed by atoms with Crippen LogP contribution in [0.3, 0.4) is 0 Å². The highest BCUT2D eigenvalue weighted by molar-refractivity contribution is 7.88. The number of rotatable bonds is 10. The molecule has 18 heavy (non-hydrogen) atoms. The van der Waals surface area contributed by atoms with Crippen LogP contribution < -0.4 is 15.8 Å². The van der Waals surface area contributed by atoms with E-state index in [1.54, 1.807) is 6.92 Å². The molecule has 4 N–H and O–H groups in total. The van der Waals surface area contributed by atoms with E-state index in [0.29, 0.717) is 31.5 Å². The number of aliphatic imine (C=N–C) groups is 1. The lowest BCUT2D eigenvalue weighted by atomic mass is 10.1. The fourth-order valence-corrected chi connectivity index (χ4v) is 2.08. The molecule has 0 aliphatic rings. The Labute approximate surface area is 110 Å². The molecule has 7 heteroatoms. The molecule has 0 unspecified atom stereocenters. The summed E-state index contributed by atoms with van der Waals surface area (Å²) in [5, 5.41) is 3.33. The van der Waals surface area contributed by atoms with Gasteiger partial charge in [0, 0.05) is 25.7 Å². The Morgan fingerprint density at radius 2 is 2.00 bits per heavy atom. The van der Waals surface area contributed by atoms with Crippen molar-refractivity contribution in [1.82, 2.24) is 10.0 Å². The Balaban J connectivity index is 3.86. The summed E-state index contributed by atoms with van der Waals surface area (Å²) >= 11 is 0. The Hall–Kier alpha value is -0.660. The molecule has 0 aliphatic heterocycles. The Morgan fingerprint density at radius 1 is 1.33 bits per heavy atom. The van der Waals surface area contributed by atoms with Gasteiger partial charge in [-0.3, -0.25) is 4.99 Å². The Morgan fingerprint density at radius 3 is 2.50 bits per heavy atom. The van der Waals surface area contributed by atoms with E-state index in [1.807, 2.05) is 0 Å². The van der Waals surface area contributed by atoms with Gasteiger partial charge in [-0.1, -0.05) is 13.3 Å². The fourth-order valence-electron chi connectivity index (χ4n) is 1.61. The SMILES string of the molecule is CCC[C@@H](CCN=C(C)N)NCCNS(C)(=O)=O. The molecule has 0 fully saturated rings. The second-order valence-corrected chi connectivity index (χ2v) is 6.25. The molecular formula is C11H26N4O2S. The maximum Gasteiger partial charge on any atom is 0.208 e. The summed E-state index contributed by atoms with van der Waals surface area (Å²) in [5.41, 5.74) is 5.48. The predicted molar refractivity (Wildman–Crippen MR) is 76.3 cm³/mol. The van der Waals surface area contributed by atoms with Crippen molar-refractivity contribution in [2.24, 2.45) is 10.7 Å². The summed E-state index contributed by atoms with van der Waals surface area (Å²) < 4.78 is 24.2. The van der Waals surface area contributed by atoms with Crippen LogP contribution in [0.4, 0.5) is 0 Å². The summed E-state index contributed by atoms with van der Waals surface area (Å²) in [5.74, 6) is 0.601. The number of nitrogens with two attached hydrogens (primary N) is 1. The van der Waals surface area contributed by atoms with Gasteiger partial charge in [0.25, 0.3) is 0 Å². The lowest BCUT2D eigenvalue weighted by Gasteiger charge is -2.17. The van der Waals surface area contributed by atoms with E-state index in [1.165, 1.54) is 0 Å². The molecule has 0 radical (unpaired) electrons. The molecule has 108 valence electrons. The third kappa shape index (κ3) is 11.8. The number of sulfonamides is 1. The monoisotopic (exact) mass is 278 g/mol. The molecule has 0 aliphatic carbocycles. The Kier molecular flexibility index (Phi) is 8.95. The van der Waals surface area contributed by atoms with E-state index in [9.17, 15) is 8.42 Å². The van der Waals surface area contributed by atoms with Crippen LogP contribution in [0.15, 0.2) is 4.99 Å². The van der Waals surface area contributed by atoms with Crippen LogP contribution >= 0.6 is 0 Å². The summed E-state index contributed by atoms with van der Waals surface area (Å²) in [6.45, 7) is 5.65. The highest BCUT2D eigenvalue weighted by Gasteiger charge is 2.06. The van der Waals surface area contributed by atoms with Gasteiger partial charge in [0.2, 0.25) is 10.0 Å². The van der Waals surface area contributed by atoms with Crippen molar-refractivity contribution in [2.75, 3.05) is 25.9 Å². The third-order valence-electron chi connectivity index (χ3n) is 2.40. The molecule has 0 saturated carbocycles. The summed E-state index contributed by atoms with van der Waals surface area (Å²) in [6.07, 6.45) is 4.22. The summed E-state index contributed by atoms with van der Waals surface area (Å²) in [6, 6.07) is 0.361. The first-order valence-corrected chi connectivity index (χ1v) is 8.19. The van der Waals surface area contributed by atoms with Gasteiger partial charge in [0.1, 0.15) is 0 Å². The molecule has 0 rings (SSSR count). The molecule has 0 saturated heterocycles.